The Morgan fingerprint density at radius 3 is 2.50 bits per heavy atom. The molecule has 1 aliphatic heterocycles. The molecule has 142 valence electrons. The number of hydrogen-bond acceptors (Lipinski definition) is 5. The molecule has 26 heavy (non-hydrogen) atoms. The average molecular weight is 389 g/mol. The van der Waals surface area contributed by atoms with Gasteiger partial charge in [-0.25, -0.2) is 18.4 Å². The van der Waals surface area contributed by atoms with Gasteiger partial charge in [-0.05, 0) is 30.7 Å². The zero-order valence-corrected chi connectivity index (χ0v) is 14.8. The minimum absolute atomic E-state index is 0.0665. The van der Waals surface area contributed by atoms with Crippen LogP contribution in [0.15, 0.2) is 18.6 Å². The molecule has 0 aromatic carbocycles. The van der Waals surface area contributed by atoms with Crippen molar-refractivity contribution in [2.75, 3.05) is 25.0 Å². The van der Waals surface area contributed by atoms with Crippen LogP contribution in [0.25, 0.3) is 11.0 Å². The van der Waals surface area contributed by atoms with E-state index >= 15 is 0 Å². The van der Waals surface area contributed by atoms with Gasteiger partial charge in [0, 0.05) is 32.4 Å². The normalized spacial score (nSPS) is 27.2. The fraction of sp³-hybridized carbons (Fsp3) is 0.600. The molecule has 2 aliphatic rings. The van der Waals surface area contributed by atoms with Gasteiger partial charge in [-0.15, -0.1) is 0 Å². The number of halogens is 3. The summed E-state index contributed by atoms with van der Waals surface area (Å²) in [4.78, 5) is 13.5. The van der Waals surface area contributed by atoms with Gasteiger partial charge in [0.05, 0.1) is 5.39 Å². The molecule has 11 heteroatoms. The van der Waals surface area contributed by atoms with Gasteiger partial charge in [0.25, 0.3) is 0 Å². The molecule has 2 fully saturated rings. The molecule has 3 heterocycles. The first-order valence-corrected chi connectivity index (χ1v) is 9.70. The first-order chi connectivity index (χ1) is 12.2. The van der Waals surface area contributed by atoms with Crippen molar-refractivity contribution >= 4 is 26.9 Å². The monoisotopic (exact) mass is 389 g/mol. The molecule has 0 spiro atoms. The minimum Gasteiger partial charge on any atom is -0.356 e. The molecular weight excluding hydrogens is 371 g/mol. The van der Waals surface area contributed by atoms with E-state index in [0.717, 1.165) is 16.9 Å². The van der Waals surface area contributed by atoms with E-state index in [1.54, 1.807) is 6.20 Å². The summed E-state index contributed by atoms with van der Waals surface area (Å²) < 4.78 is 62.1. The van der Waals surface area contributed by atoms with Crippen LogP contribution in [0.2, 0.25) is 0 Å². The van der Waals surface area contributed by atoms with Crippen molar-refractivity contribution < 1.29 is 21.6 Å². The number of aromatic amines is 1. The van der Waals surface area contributed by atoms with E-state index in [4.69, 9.17) is 0 Å². The number of sulfonamides is 1. The van der Waals surface area contributed by atoms with Crippen LogP contribution in [-0.2, 0) is 10.0 Å². The Labute approximate surface area is 148 Å². The highest BCUT2D eigenvalue weighted by Gasteiger charge is 2.55. The van der Waals surface area contributed by atoms with Crippen LogP contribution >= 0.6 is 0 Å². The lowest BCUT2D eigenvalue weighted by Gasteiger charge is -2.28. The Morgan fingerprint density at radius 1 is 1.23 bits per heavy atom. The molecule has 1 N–H and O–H groups in total. The van der Waals surface area contributed by atoms with Gasteiger partial charge < -0.3 is 9.88 Å². The van der Waals surface area contributed by atoms with Crippen molar-refractivity contribution in [1.82, 2.24) is 19.3 Å². The molecule has 0 unspecified atom stereocenters. The van der Waals surface area contributed by atoms with Gasteiger partial charge >= 0.3 is 15.5 Å². The standard InChI is InChI=1S/C15H18F3N5O2S/c1-22(14-12-2-3-19-13(12)20-8-21-14)11-4-9-6-23(7-10(9)5-11)26(24,25)15(16,17)18/h2-3,8-11H,4-7H2,1H3,(H,19,20,21)/t9-,10+,11+. The average Bonchev–Trinajstić information content (AvgIpc) is 3.26. The van der Waals surface area contributed by atoms with Gasteiger partial charge in [0.1, 0.15) is 17.8 Å². The third-order valence-corrected chi connectivity index (χ3v) is 7.10. The Morgan fingerprint density at radius 2 is 1.88 bits per heavy atom. The number of H-pyrrole nitrogens is 1. The third kappa shape index (κ3) is 2.64. The second kappa shape index (κ2) is 5.81. The summed E-state index contributed by atoms with van der Waals surface area (Å²) in [6.45, 7) is -0.139. The third-order valence-electron chi connectivity index (χ3n) is 5.54. The predicted octanol–water partition coefficient (Wildman–Crippen LogP) is 1.95. The zero-order valence-electron chi connectivity index (χ0n) is 13.9. The molecule has 1 saturated heterocycles. The van der Waals surface area contributed by atoms with Crippen molar-refractivity contribution in [1.29, 1.82) is 0 Å². The Kier molecular flexibility index (Phi) is 3.92. The lowest BCUT2D eigenvalue weighted by atomic mass is 10.0. The second-order valence-electron chi connectivity index (χ2n) is 6.96. The molecule has 3 atom stereocenters. The van der Waals surface area contributed by atoms with Crippen LogP contribution in [0.5, 0.6) is 0 Å². The number of alkyl halides is 3. The predicted molar refractivity (Wildman–Crippen MR) is 88.8 cm³/mol. The summed E-state index contributed by atoms with van der Waals surface area (Å²) in [5.74, 6) is 0.632. The Balaban J connectivity index is 1.49. The lowest BCUT2D eigenvalue weighted by molar-refractivity contribution is -0.0485. The Hall–Kier alpha value is -1.88. The molecule has 1 saturated carbocycles. The number of nitrogens with zero attached hydrogens (tertiary/aromatic N) is 4. The lowest BCUT2D eigenvalue weighted by Crippen LogP contribution is -2.40. The number of nitrogens with one attached hydrogen (secondary N) is 1. The molecule has 0 amide bonds. The molecule has 7 nitrogen and oxygen atoms in total. The van der Waals surface area contributed by atoms with Crippen LogP contribution < -0.4 is 4.90 Å². The number of rotatable bonds is 3. The first kappa shape index (κ1) is 17.5. The number of anilines is 1. The first-order valence-electron chi connectivity index (χ1n) is 8.26. The van der Waals surface area contributed by atoms with Crippen LogP contribution in [-0.4, -0.2) is 59.4 Å². The highest BCUT2D eigenvalue weighted by atomic mass is 32.2. The minimum atomic E-state index is -5.23. The second-order valence-corrected chi connectivity index (χ2v) is 8.89. The molecule has 0 bridgehead atoms. The van der Waals surface area contributed by atoms with E-state index in [-0.39, 0.29) is 31.0 Å². The SMILES string of the molecule is CN(c1ncnc2[nH]ccc12)[C@H]1C[C@@H]2CN(S(=O)(=O)C(F)(F)F)C[C@@H]2C1. The van der Waals surface area contributed by atoms with Gasteiger partial charge in [-0.2, -0.15) is 17.5 Å². The maximum atomic E-state index is 12.8. The van der Waals surface area contributed by atoms with E-state index in [9.17, 15) is 21.6 Å². The summed E-state index contributed by atoms with van der Waals surface area (Å²) in [5, 5.41) is 0.883. The highest BCUT2D eigenvalue weighted by molar-refractivity contribution is 7.90. The van der Waals surface area contributed by atoms with E-state index < -0.39 is 15.5 Å². The molecular formula is C15H18F3N5O2S. The van der Waals surface area contributed by atoms with Gasteiger partial charge in [-0.3, -0.25) is 0 Å². The number of aromatic nitrogens is 3. The zero-order chi connectivity index (χ0) is 18.7. The van der Waals surface area contributed by atoms with Crippen molar-refractivity contribution in [2.24, 2.45) is 11.8 Å². The maximum Gasteiger partial charge on any atom is 0.511 e. The highest BCUT2D eigenvalue weighted by Crippen LogP contribution is 2.43. The molecule has 0 radical (unpaired) electrons. The molecule has 1 aliphatic carbocycles. The van der Waals surface area contributed by atoms with Gasteiger partial charge in [0.2, 0.25) is 0 Å². The smallest absolute Gasteiger partial charge is 0.356 e. The van der Waals surface area contributed by atoms with E-state index in [2.05, 4.69) is 15.0 Å². The fourth-order valence-corrected chi connectivity index (χ4v) is 5.26. The molecule has 2 aromatic rings. The van der Waals surface area contributed by atoms with Crippen LogP contribution in [0, 0.1) is 11.8 Å². The van der Waals surface area contributed by atoms with Crippen molar-refractivity contribution in [3.63, 3.8) is 0 Å². The van der Waals surface area contributed by atoms with E-state index in [0.29, 0.717) is 17.1 Å². The fourth-order valence-electron chi connectivity index (χ4n) is 4.20. The van der Waals surface area contributed by atoms with Crippen molar-refractivity contribution in [3.8, 4) is 0 Å². The summed E-state index contributed by atoms with van der Waals surface area (Å²) in [5.41, 5.74) is -4.51. The van der Waals surface area contributed by atoms with E-state index in [1.165, 1.54) is 6.33 Å². The largest absolute Gasteiger partial charge is 0.511 e. The van der Waals surface area contributed by atoms with Crippen LogP contribution in [0.4, 0.5) is 19.0 Å². The maximum absolute atomic E-state index is 12.8. The number of fused-ring (bicyclic) bond motifs is 2. The number of hydrogen-bond donors (Lipinski definition) is 1. The molecule has 4 rings (SSSR count). The summed E-state index contributed by atoms with van der Waals surface area (Å²) >= 11 is 0. The van der Waals surface area contributed by atoms with Crippen molar-refractivity contribution in [3.05, 3.63) is 18.6 Å². The quantitative estimate of drug-likeness (QED) is 0.868. The summed E-state index contributed by atoms with van der Waals surface area (Å²) in [6, 6.07) is 1.99. The summed E-state index contributed by atoms with van der Waals surface area (Å²) in [6.07, 6.45) is 4.53. The van der Waals surface area contributed by atoms with E-state index in [1.807, 2.05) is 18.0 Å². The van der Waals surface area contributed by atoms with Crippen LogP contribution in [0.3, 0.4) is 0 Å². The Bertz CT molecular complexity index is 915. The van der Waals surface area contributed by atoms with Crippen LogP contribution in [0.1, 0.15) is 12.8 Å². The van der Waals surface area contributed by atoms with Crippen molar-refractivity contribution in [2.45, 2.75) is 24.4 Å². The summed E-state index contributed by atoms with van der Waals surface area (Å²) in [7, 11) is -3.33. The van der Waals surface area contributed by atoms with Gasteiger partial charge in [-0.1, -0.05) is 0 Å². The van der Waals surface area contributed by atoms with Gasteiger partial charge in [0.15, 0.2) is 0 Å². The topological polar surface area (TPSA) is 82.2 Å². The molecule has 2 aromatic heterocycles.